The Morgan fingerprint density at radius 3 is 2.08 bits per heavy atom. The third-order valence-corrected chi connectivity index (χ3v) is 18.6. The summed E-state index contributed by atoms with van der Waals surface area (Å²) >= 11 is 0. The van der Waals surface area contributed by atoms with Crippen molar-refractivity contribution in [2.75, 3.05) is 13.2 Å². The van der Waals surface area contributed by atoms with Gasteiger partial charge in [-0.1, -0.05) is 71.9 Å². The van der Waals surface area contributed by atoms with Crippen LogP contribution in [0.3, 0.4) is 0 Å². The fourth-order valence-electron chi connectivity index (χ4n) is 4.93. The van der Waals surface area contributed by atoms with Crippen LogP contribution in [0, 0.1) is 0 Å². The molecule has 230 valence electrons. The van der Waals surface area contributed by atoms with Gasteiger partial charge >= 0.3 is 0 Å². The number of aliphatic hydroxyl groups is 2. The zero-order valence-corrected chi connectivity index (χ0v) is 28.6. The smallest absolute Gasteiger partial charge is 0.192 e. The van der Waals surface area contributed by atoms with Gasteiger partial charge in [0.15, 0.2) is 16.6 Å². The molecule has 1 aromatic rings. The second-order valence-electron chi connectivity index (χ2n) is 14.7. The molecule has 2 aliphatic heterocycles. The van der Waals surface area contributed by atoms with Crippen LogP contribution in [0.15, 0.2) is 30.3 Å². The second-order valence-corrected chi connectivity index (χ2v) is 24.2. The molecule has 0 radical (unpaired) electrons. The summed E-state index contributed by atoms with van der Waals surface area (Å²) < 4.78 is 33.1. The largest absolute Gasteiger partial charge is 0.417 e. The van der Waals surface area contributed by atoms with Crippen LogP contribution in [0.1, 0.15) is 66.4 Å². The summed E-state index contributed by atoms with van der Waals surface area (Å²) in [5, 5.41) is 21.2. The van der Waals surface area contributed by atoms with Crippen molar-refractivity contribution in [1.29, 1.82) is 0 Å². The molecule has 0 saturated carbocycles. The lowest BCUT2D eigenvalue weighted by Gasteiger charge is -2.52. The number of ether oxygens (including phenoxy) is 3. The van der Waals surface area contributed by atoms with Gasteiger partial charge in [-0.25, -0.2) is 0 Å². The van der Waals surface area contributed by atoms with Gasteiger partial charge in [0, 0.05) is 19.6 Å². The average Bonchev–Trinajstić information content (AvgIpc) is 2.84. The van der Waals surface area contributed by atoms with Gasteiger partial charge < -0.3 is 33.3 Å². The number of aliphatic hydroxyl groups excluding tert-OH is 2. The summed E-state index contributed by atoms with van der Waals surface area (Å²) in [4.78, 5) is 0. The van der Waals surface area contributed by atoms with E-state index in [0.717, 1.165) is 5.56 Å². The highest BCUT2D eigenvalue weighted by Crippen LogP contribution is 2.43. The Labute approximate surface area is 245 Å². The van der Waals surface area contributed by atoms with Crippen molar-refractivity contribution >= 4 is 16.6 Å². The van der Waals surface area contributed by atoms with E-state index in [9.17, 15) is 10.2 Å². The summed E-state index contributed by atoms with van der Waals surface area (Å²) in [7, 11) is -4.02. The molecule has 7 atom stereocenters. The molecule has 3 rings (SSSR count). The maximum absolute atomic E-state index is 11.3. The second kappa shape index (κ2) is 13.3. The minimum absolute atomic E-state index is 0.0520. The molecule has 0 spiro atoms. The standard InChI is InChI=1S/C31H56O7Si2/c1-30(2,3)39(7,8)35-19-17-23-25(38-40(9,10)31(4,5)6)20-26-28(37-23)29(27(33)24(36-26)16-18-32)34-21-22-14-12-11-13-15-22/h11-15,23-29,32-33H,16-21H2,1-10H3/t23-,24?,25+,26-,27+,28-,29-/m1/s1. The molecule has 1 unspecified atom stereocenters. The Bertz CT molecular complexity index is 912. The van der Waals surface area contributed by atoms with Crippen LogP contribution in [0.5, 0.6) is 0 Å². The number of rotatable bonds is 11. The summed E-state index contributed by atoms with van der Waals surface area (Å²) in [5.74, 6) is 0. The fourth-order valence-corrected chi connectivity index (χ4v) is 7.35. The monoisotopic (exact) mass is 596 g/mol. The zero-order chi connectivity index (χ0) is 29.9. The normalized spacial score (nSPS) is 30.2. The highest BCUT2D eigenvalue weighted by Gasteiger charge is 2.53. The highest BCUT2D eigenvalue weighted by atomic mass is 28.4. The molecule has 2 saturated heterocycles. The molecule has 2 heterocycles. The van der Waals surface area contributed by atoms with E-state index in [-0.39, 0.29) is 35.0 Å². The Morgan fingerprint density at radius 2 is 1.50 bits per heavy atom. The predicted octanol–water partition coefficient (Wildman–Crippen LogP) is 6.04. The van der Waals surface area contributed by atoms with Gasteiger partial charge in [-0.3, -0.25) is 0 Å². The fraction of sp³-hybridized carbons (Fsp3) is 0.806. The van der Waals surface area contributed by atoms with Crippen LogP contribution in [-0.4, -0.2) is 82.8 Å². The first-order valence-corrected chi connectivity index (χ1v) is 20.9. The molecule has 2 aliphatic rings. The summed E-state index contributed by atoms with van der Waals surface area (Å²) in [6.45, 7) is 23.5. The SMILES string of the molecule is CC(C)(C)[Si](C)(C)OCC[C@H]1O[C@H]2[C@H](OCc3ccccc3)[C@@H](O)C(CCO)O[C@@H]2C[C@@H]1O[Si](C)(C)C(C)(C)C. The van der Waals surface area contributed by atoms with E-state index in [2.05, 4.69) is 67.7 Å². The van der Waals surface area contributed by atoms with E-state index >= 15 is 0 Å². The van der Waals surface area contributed by atoms with Gasteiger partial charge in [-0.15, -0.1) is 0 Å². The molecular weight excluding hydrogens is 541 g/mol. The highest BCUT2D eigenvalue weighted by molar-refractivity contribution is 6.74. The average molecular weight is 597 g/mol. The summed E-state index contributed by atoms with van der Waals surface area (Å²) in [6, 6.07) is 9.97. The van der Waals surface area contributed by atoms with Crippen LogP contribution in [0.4, 0.5) is 0 Å². The van der Waals surface area contributed by atoms with Crippen molar-refractivity contribution in [1.82, 2.24) is 0 Å². The van der Waals surface area contributed by atoms with Gasteiger partial charge in [0.25, 0.3) is 0 Å². The van der Waals surface area contributed by atoms with Gasteiger partial charge in [-0.2, -0.15) is 0 Å². The molecule has 0 aliphatic carbocycles. The van der Waals surface area contributed by atoms with E-state index < -0.39 is 41.1 Å². The van der Waals surface area contributed by atoms with E-state index in [1.165, 1.54) is 0 Å². The van der Waals surface area contributed by atoms with Crippen molar-refractivity contribution < 1.29 is 33.3 Å². The first-order valence-electron chi connectivity index (χ1n) is 15.0. The quantitative estimate of drug-likeness (QED) is 0.301. The number of fused-ring (bicyclic) bond motifs is 1. The first-order chi connectivity index (χ1) is 18.5. The molecule has 2 N–H and O–H groups in total. The van der Waals surface area contributed by atoms with Gasteiger partial charge in [0.05, 0.1) is 31.0 Å². The molecular formula is C31H56O7Si2. The van der Waals surface area contributed by atoms with Crippen LogP contribution < -0.4 is 0 Å². The lowest BCUT2D eigenvalue weighted by atomic mass is 9.86. The van der Waals surface area contributed by atoms with Gasteiger partial charge in [0.1, 0.15) is 18.3 Å². The van der Waals surface area contributed by atoms with Crippen molar-refractivity contribution in [3.8, 4) is 0 Å². The lowest BCUT2D eigenvalue weighted by molar-refractivity contribution is -0.291. The molecule has 0 bridgehead atoms. The Hall–Kier alpha value is -0.626. The Balaban J connectivity index is 1.85. The van der Waals surface area contributed by atoms with Crippen molar-refractivity contribution in [2.24, 2.45) is 0 Å². The molecule has 2 fully saturated rings. The van der Waals surface area contributed by atoms with E-state index in [1.807, 2.05) is 30.3 Å². The molecule has 40 heavy (non-hydrogen) atoms. The minimum atomic E-state index is -2.11. The third-order valence-electron chi connectivity index (χ3n) is 9.59. The maximum atomic E-state index is 11.3. The summed E-state index contributed by atoms with van der Waals surface area (Å²) in [6.07, 6.45) is -1.39. The molecule has 0 aromatic heterocycles. The number of hydrogen-bond donors (Lipinski definition) is 2. The van der Waals surface area contributed by atoms with Crippen molar-refractivity contribution in [2.45, 2.75) is 146 Å². The molecule has 1 aromatic carbocycles. The molecule has 0 amide bonds. The van der Waals surface area contributed by atoms with Crippen LogP contribution in [0.25, 0.3) is 0 Å². The lowest BCUT2D eigenvalue weighted by Crippen LogP contribution is -2.65. The summed E-state index contributed by atoms with van der Waals surface area (Å²) in [5.41, 5.74) is 1.03. The van der Waals surface area contributed by atoms with Crippen LogP contribution in [0.2, 0.25) is 36.3 Å². The van der Waals surface area contributed by atoms with Crippen LogP contribution >= 0.6 is 0 Å². The maximum Gasteiger partial charge on any atom is 0.192 e. The number of benzene rings is 1. The van der Waals surface area contributed by atoms with Gasteiger partial charge in [0.2, 0.25) is 0 Å². The van der Waals surface area contributed by atoms with Crippen molar-refractivity contribution in [3.05, 3.63) is 35.9 Å². The Morgan fingerprint density at radius 1 is 0.875 bits per heavy atom. The third kappa shape index (κ3) is 8.26. The van der Waals surface area contributed by atoms with E-state index in [0.29, 0.717) is 32.5 Å². The zero-order valence-electron chi connectivity index (χ0n) is 26.6. The number of hydrogen-bond acceptors (Lipinski definition) is 7. The molecule has 9 heteroatoms. The van der Waals surface area contributed by atoms with Crippen molar-refractivity contribution in [3.63, 3.8) is 0 Å². The topological polar surface area (TPSA) is 86.6 Å². The van der Waals surface area contributed by atoms with E-state index in [1.54, 1.807) is 0 Å². The predicted molar refractivity (Wildman–Crippen MR) is 165 cm³/mol. The van der Waals surface area contributed by atoms with E-state index in [4.69, 9.17) is 23.1 Å². The first kappa shape index (κ1) is 33.9. The van der Waals surface area contributed by atoms with Crippen LogP contribution in [-0.2, 0) is 29.7 Å². The minimum Gasteiger partial charge on any atom is -0.417 e. The molecule has 7 nitrogen and oxygen atoms in total. The Kier molecular flexibility index (Phi) is 11.3. The van der Waals surface area contributed by atoms with Gasteiger partial charge in [-0.05, 0) is 54.7 Å².